The predicted octanol–water partition coefficient (Wildman–Crippen LogP) is 3.33. The molecular weight excluding hydrogens is 248 g/mol. The molecule has 2 fully saturated rings. The van der Waals surface area contributed by atoms with Crippen LogP contribution in [0.15, 0.2) is 0 Å². The summed E-state index contributed by atoms with van der Waals surface area (Å²) in [6, 6.07) is 2.55. The van der Waals surface area contributed by atoms with Gasteiger partial charge in [0.1, 0.15) is 0 Å². The molecule has 0 radical (unpaired) electrons. The van der Waals surface area contributed by atoms with Crippen LogP contribution in [0.25, 0.3) is 0 Å². The van der Waals surface area contributed by atoms with E-state index in [0.717, 1.165) is 64.6 Å². The lowest BCUT2D eigenvalue weighted by atomic mass is 9.60. The van der Waals surface area contributed by atoms with Crippen LogP contribution in [0.2, 0.25) is 0 Å². The molecule has 20 heavy (non-hydrogen) atoms. The fourth-order valence-corrected chi connectivity index (χ4v) is 4.13. The molecule has 0 aromatic carbocycles. The molecule has 1 saturated heterocycles. The zero-order chi connectivity index (χ0) is 14.6. The quantitative estimate of drug-likeness (QED) is 0.861. The molecule has 1 unspecified atom stereocenters. The van der Waals surface area contributed by atoms with Gasteiger partial charge in [0.15, 0.2) is 0 Å². The maximum atomic E-state index is 11.2. The van der Waals surface area contributed by atoms with Gasteiger partial charge in [-0.15, -0.1) is 0 Å². The Morgan fingerprint density at radius 2 is 1.90 bits per heavy atom. The van der Waals surface area contributed by atoms with Gasteiger partial charge in [-0.1, -0.05) is 13.8 Å². The highest BCUT2D eigenvalue weighted by Crippen LogP contribution is 2.50. The topological polar surface area (TPSA) is 47.3 Å². The average molecular weight is 278 g/mol. The van der Waals surface area contributed by atoms with Crippen molar-refractivity contribution in [1.82, 2.24) is 4.90 Å². The molecule has 1 atom stereocenters. The second-order valence-corrected chi connectivity index (χ2v) is 7.10. The van der Waals surface area contributed by atoms with Crippen LogP contribution >= 0.6 is 0 Å². The Hall–Kier alpha value is -0.590. The minimum Gasteiger partial charge on any atom is -0.388 e. The van der Waals surface area contributed by atoms with E-state index in [1.165, 1.54) is 6.42 Å². The smallest absolute Gasteiger partial charge is 0.0861 e. The fourth-order valence-electron chi connectivity index (χ4n) is 4.13. The third kappa shape index (κ3) is 3.02. The lowest BCUT2D eigenvalue weighted by molar-refractivity contribution is -0.0868. The van der Waals surface area contributed by atoms with E-state index in [2.05, 4.69) is 24.8 Å². The summed E-state index contributed by atoms with van der Waals surface area (Å²) in [5.41, 5.74) is -1.24. The first-order valence-electron chi connectivity index (χ1n) is 8.41. The van der Waals surface area contributed by atoms with Crippen molar-refractivity contribution in [1.29, 1.82) is 5.26 Å². The highest BCUT2D eigenvalue weighted by atomic mass is 16.3. The van der Waals surface area contributed by atoms with Gasteiger partial charge in [-0.2, -0.15) is 5.26 Å². The molecule has 1 N–H and O–H groups in total. The fraction of sp³-hybridized carbons (Fsp3) is 0.941. The van der Waals surface area contributed by atoms with E-state index >= 15 is 0 Å². The van der Waals surface area contributed by atoms with Crippen LogP contribution in [0.1, 0.15) is 65.2 Å². The van der Waals surface area contributed by atoms with Crippen molar-refractivity contribution >= 4 is 0 Å². The maximum Gasteiger partial charge on any atom is 0.0861 e. The van der Waals surface area contributed by atoms with Crippen molar-refractivity contribution in [2.75, 3.05) is 19.6 Å². The highest BCUT2D eigenvalue weighted by Gasteiger charge is 2.51. The van der Waals surface area contributed by atoms with E-state index in [4.69, 9.17) is 0 Å². The SMILES string of the molecule is CCCN1CCCC(O)(C2(C#N)CCC(C)CC2)CC1. The maximum absolute atomic E-state index is 11.2. The Kier molecular flexibility index (Phi) is 5.09. The van der Waals surface area contributed by atoms with Crippen LogP contribution in [0, 0.1) is 22.7 Å². The number of aliphatic hydroxyl groups is 1. The number of nitriles is 1. The van der Waals surface area contributed by atoms with Crippen LogP contribution in [0.3, 0.4) is 0 Å². The van der Waals surface area contributed by atoms with Crippen molar-refractivity contribution < 1.29 is 5.11 Å². The van der Waals surface area contributed by atoms with Gasteiger partial charge in [-0.05, 0) is 70.4 Å². The molecule has 1 heterocycles. The molecule has 3 heteroatoms. The average Bonchev–Trinajstić information content (AvgIpc) is 2.64. The van der Waals surface area contributed by atoms with E-state index in [-0.39, 0.29) is 0 Å². The lowest BCUT2D eigenvalue weighted by Crippen LogP contribution is -2.50. The zero-order valence-corrected chi connectivity index (χ0v) is 13.2. The molecule has 114 valence electrons. The minimum atomic E-state index is -0.760. The Labute approximate surface area is 124 Å². The molecule has 1 aliphatic carbocycles. The molecule has 0 aromatic rings. The zero-order valence-electron chi connectivity index (χ0n) is 13.2. The van der Waals surface area contributed by atoms with E-state index in [1.54, 1.807) is 0 Å². The first-order valence-corrected chi connectivity index (χ1v) is 8.41. The molecule has 0 aromatic heterocycles. The van der Waals surface area contributed by atoms with Gasteiger partial charge in [0, 0.05) is 6.54 Å². The van der Waals surface area contributed by atoms with Crippen LogP contribution in [-0.4, -0.2) is 35.2 Å². The molecule has 1 aliphatic heterocycles. The highest BCUT2D eigenvalue weighted by molar-refractivity contribution is 5.13. The van der Waals surface area contributed by atoms with Gasteiger partial charge >= 0.3 is 0 Å². The van der Waals surface area contributed by atoms with Gasteiger partial charge in [-0.3, -0.25) is 0 Å². The summed E-state index contributed by atoms with van der Waals surface area (Å²) in [5.74, 6) is 0.711. The van der Waals surface area contributed by atoms with Crippen molar-refractivity contribution in [3.05, 3.63) is 0 Å². The van der Waals surface area contributed by atoms with Gasteiger partial charge in [0.25, 0.3) is 0 Å². The van der Waals surface area contributed by atoms with Crippen molar-refractivity contribution in [3.8, 4) is 6.07 Å². The molecule has 0 spiro atoms. The summed E-state index contributed by atoms with van der Waals surface area (Å²) in [5, 5.41) is 21.0. The molecule has 1 saturated carbocycles. The van der Waals surface area contributed by atoms with Crippen molar-refractivity contribution in [2.24, 2.45) is 11.3 Å². The second kappa shape index (κ2) is 6.45. The Morgan fingerprint density at radius 1 is 1.20 bits per heavy atom. The monoisotopic (exact) mass is 278 g/mol. The first kappa shape index (κ1) is 15.8. The summed E-state index contributed by atoms with van der Waals surface area (Å²) in [6.45, 7) is 7.61. The van der Waals surface area contributed by atoms with Gasteiger partial charge in [-0.25, -0.2) is 0 Å². The molecule has 0 amide bonds. The largest absolute Gasteiger partial charge is 0.388 e. The van der Waals surface area contributed by atoms with Gasteiger partial charge in [0.05, 0.1) is 17.1 Å². The lowest BCUT2D eigenvalue weighted by Gasteiger charge is -2.46. The third-order valence-electron chi connectivity index (χ3n) is 5.68. The van der Waals surface area contributed by atoms with Crippen LogP contribution in [0.4, 0.5) is 0 Å². The molecule has 2 aliphatic rings. The molecule has 3 nitrogen and oxygen atoms in total. The molecule has 2 rings (SSSR count). The first-order chi connectivity index (χ1) is 9.55. The summed E-state index contributed by atoms with van der Waals surface area (Å²) < 4.78 is 0. The van der Waals surface area contributed by atoms with Gasteiger partial charge < -0.3 is 10.0 Å². The number of hydrogen-bond acceptors (Lipinski definition) is 3. The van der Waals surface area contributed by atoms with E-state index < -0.39 is 11.0 Å². The second-order valence-electron chi connectivity index (χ2n) is 7.10. The van der Waals surface area contributed by atoms with E-state index in [9.17, 15) is 10.4 Å². The number of rotatable bonds is 3. The Balaban J connectivity index is 2.10. The molecule has 0 bridgehead atoms. The normalized spacial score (nSPS) is 40.0. The molecular formula is C17H30N2O. The summed E-state index contributed by atoms with van der Waals surface area (Å²) in [7, 11) is 0. The summed E-state index contributed by atoms with van der Waals surface area (Å²) >= 11 is 0. The summed E-state index contributed by atoms with van der Waals surface area (Å²) in [4.78, 5) is 2.45. The third-order valence-corrected chi connectivity index (χ3v) is 5.68. The Bertz CT molecular complexity index is 354. The van der Waals surface area contributed by atoms with Crippen LogP contribution in [0.5, 0.6) is 0 Å². The van der Waals surface area contributed by atoms with Crippen LogP contribution in [-0.2, 0) is 0 Å². The predicted molar refractivity (Wildman–Crippen MR) is 81.2 cm³/mol. The van der Waals surface area contributed by atoms with Crippen molar-refractivity contribution in [3.63, 3.8) is 0 Å². The standard InChI is InChI=1S/C17H30N2O/c1-3-11-19-12-4-7-17(20,10-13-19)16(14-18)8-5-15(2)6-9-16/h15,20H,3-13H2,1-2H3. The Morgan fingerprint density at radius 3 is 2.50 bits per heavy atom. The summed E-state index contributed by atoms with van der Waals surface area (Å²) in [6.07, 6.45) is 7.71. The minimum absolute atomic E-state index is 0.484. The van der Waals surface area contributed by atoms with Gasteiger partial charge in [0.2, 0.25) is 0 Å². The van der Waals surface area contributed by atoms with E-state index in [0.29, 0.717) is 5.92 Å². The number of likely N-dealkylation sites (tertiary alicyclic amines) is 1. The van der Waals surface area contributed by atoms with Crippen molar-refractivity contribution in [2.45, 2.75) is 70.8 Å². The van der Waals surface area contributed by atoms with E-state index in [1.807, 2.05) is 0 Å². The number of hydrogen-bond donors (Lipinski definition) is 1. The number of nitrogens with zero attached hydrogens (tertiary/aromatic N) is 2. The van der Waals surface area contributed by atoms with Crippen LogP contribution < -0.4 is 0 Å².